The van der Waals surface area contributed by atoms with Crippen LogP contribution in [0.3, 0.4) is 0 Å². The SMILES string of the molecule is CNC(=O)c1c(NC(=O)CC2Oc3ccccc3NC2=O)sc2c1CCCC2. The van der Waals surface area contributed by atoms with Crippen molar-refractivity contribution in [3.8, 4) is 5.75 Å². The second-order valence-electron chi connectivity index (χ2n) is 6.84. The zero-order valence-corrected chi connectivity index (χ0v) is 16.3. The van der Waals surface area contributed by atoms with E-state index < -0.39 is 6.10 Å². The molecule has 1 atom stereocenters. The summed E-state index contributed by atoms with van der Waals surface area (Å²) in [5.74, 6) is -0.373. The highest BCUT2D eigenvalue weighted by Crippen LogP contribution is 2.38. The minimum atomic E-state index is -0.909. The number of amides is 3. The largest absolute Gasteiger partial charge is 0.478 e. The van der Waals surface area contributed by atoms with E-state index in [9.17, 15) is 14.4 Å². The molecular formula is C20H21N3O4S. The first-order chi connectivity index (χ1) is 13.6. The Hall–Kier alpha value is -2.87. The summed E-state index contributed by atoms with van der Waals surface area (Å²) >= 11 is 1.45. The summed E-state index contributed by atoms with van der Waals surface area (Å²) < 4.78 is 5.68. The smallest absolute Gasteiger partial charge is 0.266 e. The van der Waals surface area contributed by atoms with E-state index in [0.29, 0.717) is 22.0 Å². The van der Waals surface area contributed by atoms with E-state index >= 15 is 0 Å². The van der Waals surface area contributed by atoms with Gasteiger partial charge in [-0.15, -0.1) is 11.3 Å². The lowest BCUT2D eigenvalue weighted by Crippen LogP contribution is -2.39. The van der Waals surface area contributed by atoms with Crippen LogP contribution in [0, 0.1) is 0 Å². The van der Waals surface area contributed by atoms with Gasteiger partial charge in [-0.25, -0.2) is 0 Å². The van der Waals surface area contributed by atoms with Crippen LogP contribution >= 0.6 is 11.3 Å². The Morgan fingerprint density at radius 1 is 1.25 bits per heavy atom. The van der Waals surface area contributed by atoms with Crippen molar-refractivity contribution in [3.05, 3.63) is 40.3 Å². The van der Waals surface area contributed by atoms with Crippen LogP contribution in [0.2, 0.25) is 0 Å². The van der Waals surface area contributed by atoms with Crippen LogP contribution < -0.4 is 20.7 Å². The summed E-state index contributed by atoms with van der Waals surface area (Å²) in [7, 11) is 1.58. The summed E-state index contributed by atoms with van der Waals surface area (Å²) in [5, 5.41) is 8.79. The summed E-state index contributed by atoms with van der Waals surface area (Å²) in [5.41, 5.74) is 2.18. The molecule has 146 valence electrons. The van der Waals surface area contributed by atoms with E-state index in [4.69, 9.17) is 4.74 Å². The summed E-state index contributed by atoms with van der Waals surface area (Å²) in [4.78, 5) is 38.4. The average molecular weight is 399 g/mol. The highest BCUT2D eigenvalue weighted by molar-refractivity contribution is 7.17. The molecule has 1 aromatic heterocycles. The Labute approximate surface area is 166 Å². The van der Waals surface area contributed by atoms with Gasteiger partial charge in [0.2, 0.25) is 5.91 Å². The van der Waals surface area contributed by atoms with E-state index in [1.807, 2.05) is 0 Å². The number of para-hydroxylation sites is 2. The fraction of sp³-hybridized carbons (Fsp3) is 0.350. The van der Waals surface area contributed by atoms with Crippen LogP contribution in [0.4, 0.5) is 10.7 Å². The fourth-order valence-electron chi connectivity index (χ4n) is 3.59. The lowest BCUT2D eigenvalue weighted by molar-refractivity contribution is -0.128. The van der Waals surface area contributed by atoms with Crippen molar-refractivity contribution in [2.75, 3.05) is 17.7 Å². The second-order valence-corrected chi connectivity index (χ2v) is 7.94. The van der Waals surface area contributed by atoms with E-state index in [0.717, 1.165) is 36.1 Å². The molecule has 7 nitrogen and oxygen atoms in total. The standard InChI is InChI=1S/C20H21N3O4S/c1-21-19(26)17-11-6-2-5-9-15(11)28-20(17)23-16(24)10-14-18(25)22-12-7-3-4-8-13(12)27-14/h3-4,7-8,14H,2,5-6,9-10H2,1H3,(H,21,26)(H,22,25)(H,23,24). The van der Waals surface area contributed by atoms with Crippen LogP contribution in [0.15, 0.2) is 24.3 Å². The highest BCUT2D eigenvalue weighted by Gasteiger charge is 2.31. The van der Waals surface area contributed by atoms with Crippen molar-refractivity contribution >= 4 is 39.7 Å². The van der Waals surface area contributed by atoms with E-state index in [1.54, 1.807) is 31.3 Å². The van der Waals surface area contributed by atoms with Gasteiger partial charge in [-0.1, -0.05) is 12.1 Å². The van der Waals surface area contributed by atoms with Gasteiger partial charge in [0.1, 0.15) is 10.8 Å². The Kier molecular flexibility index (Phi) is 5.04. The molecule has 0 spiro atoms. The van der Waals surface area contributed by atoms with Crippen molar-refractivity contribution < 1.29 is 19.1 Å². The number of hydrogen-bond donors (Lipinski definition) is 3. The van der Waals surface area contributed by atoms with Gasteiger partial charge in [-0.2, -0.15) is 0 Å². The number of thiophene rings is 1. The van der Waals surface area contributed by atoms with Crippen molar-refractivity contribution in [1.82, 2.24) is 5.32 Å². The van der Waals surface area contributed by atoms with Crippen LogP contribution in [0.25, 0.3) is 0 Å². The number of carbonyl (C=O) groups excluding carboxylic acids is 3. The lowest BCUT2D eigenvalue weighted by Gasteiger charge is -2.25. The van der Waals surface area contributed by atoms with Gasteiger partial charge in [0.05, 0.1) is 17.7 Å². The van der Waals surface area contributed by atoms with Gasteiger partial charge >= 0.3 is 0 Å². The zero-order valence-electron chi connectivity index (χ0n) is 15.5. The van der Waals surface area contributed by atoms with Gasteiger partial charge in [0, 0.05) is 11.9 Å². The maximum absolute atomic E-state index is 12.6. The number of aryl methyl sites for hydroxylation is 1. The Balaban J connectivity index is 1.51. The number of carbonyl (C=O) groups is 3. The molecule has 1 unspecified atom stereocenters. The molecule has 0 saturated carbocycles. The quantitative estimate of drug-likeness (QED) is 0.736. The highest BCUT2D eigenvalue weighted by atomic mass is 32.1. The molecule has 1 aliphatic carbocycles. The maximum Gasteiger partial charge on any atom is 0.266 e. The van der Waals surface area contributed by atoms with Crippen molar-refractivity contribution in [1.29, 1.82) is 0 Å². The molecule has 0 saturated heterocycles. The molecule has 3 N–H and O–H groups in total. The third kappa shape index (κ3) is 3.47. The second kappa shape index (κ2) is 7.63. The maximum atomic E-state index is 12.6. The molecule has 2 aliphatic rings. The number of anilines is 2. The van der Waals surface area contributed by atoms with Crippen LogP contribution in [-0.2, 0) is 22.4 Å². The first-order valence-electron chi connectivity index (χ1n) is 9.30. The molecule has 28 heavy (non-hydrogen) atoms. The van der Waals surface area contributed by atoms with E-state index in [2.05, 4.69) is 16.0 Å². The number of benzene rings is 1. The third-order valence-corrected chi connectivity index (χ3v) is 6.16. The van der Waals surface area contributed by atoms with Gasteiger partial charge in [0.25, 0.3) is 11.8 Å². The summed E-state index contributed by atoms with van der Waals surface area (Å²) in [6.07, 6.45) is 2.85. The van der Waals surface area contributed by atoms with Gasteiger partial charge in [0.15, 0.2) is 6.10 Å². The predicted molar refractivity (Wildman–Crippen MR) is 107 cm³/mol. The molecule has 2 heterocycles. The first kappa shape index (κ1) is 18.5. The normalized spacial score (nSPS) is 17.6. The molecule has 0 bridgehead atoms. The zero-order chi connectivity index (χ0) is 19.7. The fourth-order valence-corrected chi connectivity index (χ4v) is 4.90. The van der Waals surface area contributed by atoms with E-state index in [1.165, 1.54) is 11.3 Å². The van der Waals surface area contributed by atoms with Gasteiger partial charge < -0.3 is 20.7 Å². The number of fused-ring (bicyclic) bond motifs is 2. The van der Waals surface area contributed by atoms with Crippen LogP contribution in [-0.4, -0.2) is 30.9 Å². The topological polar surface area (TPSA) is 96.5 Å². The molecule has 1 aromatic carbocycles. The molecule has 3 amide bonds. The van der Waals surface area contributed by atoms with Crippen LogP contribution in [0.5, 0.6) is 5.75 Å². The molecule has 0 radical (unpaired) electrons. The predicted octanol–water partition coefficient (Wildman–Crippen LogP) is 2.71. The Morgan fingerprint density at radius 3 is 2.86 bits per heavy atom. The monoisotopic (exact) mass is 399 g/mol. The Morgan fingerprint density at radius 2 is 2.04 bits per heavy atom. The van der Waals surface area contributed by atoms with Gasteiger partial charge in [-0.3, -0.25) is 14.4 Å². The number of nitrogens with one attached hydrogen (secondary N) is 3. The Bertz CT molecular complexity index is 953. The molecular weight excluding hydrogens is 378 g/mol. The number of rotatable bonds is 4. The minimum Gasteiger partial charge on any atom is -0.478 e. The van der Waals surface area contributed by atoms with E-state index in [-0.39, 0.29) is 24.1 Å². The molecule has 4 rings (SSSR count). The molecule has 0 fully saturated rings. The van der Waals surface area contributed by atoms with Crippen molar-refractivity contribution in [3.63, 3.8) is 0 Å². The summed E-state index contributed by atoms with van der Waals surface area (Å²) in [6, 6.07) is 7.10. The summed E-state index contributed by atoms with van der Waals surface area (Å²) in [6.45, 7) is 0. The average Bonchev–Trinajstić information content (AvgIpc) is 3.05. The molecule has 1 aliphatic heterocycles. The van der Waals surface area contributed by atoms with Crippen molar-refractivity contribution in [2.24, 2.45) is 0 Å². The minimum absolute atomic E-state index is 0.129. The third-order valence-electron chi connectivity index (χ3n) is 4.96. The first-order valence-corrected chi connectivity index (χ1v) is 10.1. The van der Waals surface area contributed by atoms with Crippen LogP contribution in [0.1, 0.15) is 40.1 Å². The van der Waals surface area contributed by atoms with Gasteiger partial charge in [-0.05, 0) is 43.4 Å². The van der Waals surface area contributed by atoms with Crippen molar-refractivity contribution in [2.45, 2.75) is 38.2 Å². The number of hydrogen-bond acceptors (Lipinski definition) is 5. The lowest BCUT2D eigenvalue weighted by atomic mass is 9.95. The molecule has 2 aromatic rings. The molecule has 8 heteroatoms. The number of ether oxygens (including phenoxy) is 1.